The van der Waals surface area contributed by atoms with Crippen molar-refractivity contribution in [3.8, 4) is 11.5 Å². The van der Waals surface area contributed by atoms with E-state index < -0.39 is 0 Å². The van der Waals surface area contributed by atoms with Crippen molar-refractivity contribution in [3.05, 3.63) is 42.6 Å². The zero-order valence-electron chi connectivity index (χ0n) is 10.5. The molecule has 0 saturated carbocycles. The highest BCUT2D eigenvalue weighted by Crippen LogP contribution is 2.46. The summed E-state index contributed by atoms with van der Waals surface area (Å²) < 4.78 is 11.4. The van der Waals surface area contributed by atoms with Crippen molar-refractivity contribution in [2.45, 2.75) is 0 Å². The van der Waals surface area contributed by atoms with Crippen LogP contribution >= 0.6 is 0 Å². The van der Waals surface area contributed by atoms with Gasteiger partial charge in [-0.2, -0.15) is 5.10 Å². The lowest BCUT2D eigenvalue weighted by Gasteiger charge is -2.08. The average Bonchev–Trinajstić information content (AvgIpc) is 3.14. The fraction of sp³-hybridized carbons (Fsp3) is 0.0625. The topological polar surface area (TPSA) is 47.1 Å². The Morgan fingerprint density at radius 1 is 0.900 bits per heavy atom. The average molecular weight is 262 g/mol. The third-order valence-corrected chi connectivity index (χ3v) is 3.90. The summed E-state index contributed by atoms with van der Waals surface area (Å²) in [4.78, 5) is 0. The Labute approximate surface area is 113 Å². The monoisotopic (exact) mass is 262 g/mol. The first-order chi connectivity index (χ1) is 9.92. The van der Waals surface area contributed by atoms with Crippen molar-refractivity contribution in [3.63, 3.8) is 0 Å². The van der Waals surface area contributed by atoms with E-state index in [9.17, 15) is 0 Å². The fourth-order valence-electron chi connectivity index (χ4n) is 3.00. The molecular weight excluding hydrogens is 252 g/mol. The van der Waals surface area contributed by atoms with Crippen LogP contribution < -0.4 is 9.47 Å². The van der Waals surface area contributed by atoms with Crippen molar-refractivity contribution in [2.75, 3.05) is 6.79 Å². The van der Waals surface area contributed by atoms with Crippen LogP contribution in [0.1, 0.15) is 0 Å². The molecule has 2 heterocycles. The number of hydrogen-bond donors (Lipinski definition) is 1. The van der Waals surface area contributed by atoms with Gasteiger partial charge < -0.3 is 9.47 Å². The molecule has 0 radical (unpaired) electrons. The number of fused-ring (bicyclic) bond motifs is 7. The molecule has 0 fully saturated rings. The molecule has 1 aliphatic rings. The van der Waals surface area contributed by atoms with Crippen molar-refractivity contribution in [2.24, 2.45) is 0 Å². The summed E-state index contributed by atoms with van der Waals surface area (Å²) in [5.41, 5.74) is 1.01. The van der Waals surface area contributed by atoms with E-state index in [1.54, 1.807) is 0 Å². The Morgan fingerprint density at radius 2 is 1.70 bits per heavy atom. The van der Waals surface area contributed by atoms with Crippen LogP contribution in [0.25, 0.3) is 32.4 Å². The standard InChI is InChI=1S/C16H10N2O2/c1-2-4-11-10(3-1)12-5-9-7-17-18-14(9)6-13(12)16-15(11)19-8-20-16/h1-7H,8H2,(H,17,18). The molecule has 0 saturated heterocycles. The number of nitrogens with one attached hydrogen (secondary N) is 1. The van der Waals surface area contributed by atoms with E-state index in [-0.39, 0.29) is 6.79 Å². The molecule has 1 N–H and O–H groups in total. The summed E-state index contributed by atoms with van der Waals surface area (Å²) in [6.07, 6.45) is 1.84. The first-order valence-electron chi connectivity index (χ1n) is 6.49. The maximum atomic E-state index is 5.69. The van der Waals surface area contributed by atoms with E-state index in [1.165, 1.54) is 10.8 Å². The highest BCUT2D eigenvalue weighted by atomic mass is 16.7. The van der Waals surface area contributed by atoms with E-state index in [0.29, 0.717) is 0 Å². The van der Waals surface area contributed by atoms with Gasteiger partial charge in [0.05, 0.1) is 11.7 Å². The number of nitrogens with zero attached hydrogens (tertiary/aromatic N) is 1. The highest BCUT2D eigenvalue weighted by Gasteiger charge is 2.22. The quantitative estimate of drug-likeness (QED) is 0.492. The second-order valence-corrected chi connectivity index (χ2v) is 4.97. The van der Waals surface area contributed by atoms with E-state index in [2.05, 4.69) is 34.5 Å². The molecule has 1 aliphatic heterocycles. The summed E-state index contributed by atoms with van der Waals surface area (Å²) >= 11 is 0. The van der Waals surface area contributed by atoms with Gasteiger partial charge in [0.25, 0.3) is 0 Å². The lowest BCUT2D eigenvalue weighted by Crippen LogP contribution is -1.93. The van der Waals surface area contributed by atoms with Gasteiger partial charge in [0.15, 0.2) is 11.5 Å². The summed E-state index contributed by atoms with van der Waals surface area (Å²) in [5.74, 6) is 1.67. The molecule has 20 heavy (non-hydrogen) atoms. The molecule has 4 aromatic rings. The minimum absolute atomic E-state index is 0.277. The van der Waals surface area contributed by atoms with Gasteiger partial charge in [0, 0.05) is 16.2 Å². The normalized spacial score (nSPS) is 13.6. The van der Waals surface area contributed by atoms with Gasteiger partial charge in [-0.15, -0.1) is 0 Å². The first kappa shape index (κ1) is 10.1. The first-order valence-corrected chi connectivity index (χ1v) is 6.49. The van der Waals surface area contributed by atoms with Gasteiger partial charge in [-0.3, -0.25) is 5.10 Å². The Bertz CT molecular complexity index is 988. The molecule has 0 spiro atoms. The molecule has 4 nitrogen and oxygen atoms in total. The number of ether oxygens (including phenoxy) is 2. The molecule has 0 atom stereocenters. The molecule has 0 aliphatic carbocycles. The van der Waals surface area contributed by atoms with Crippen LogP contribution in [0.15, 0.2) is 42.6 Å². The van der Waals surface area contributed by atoms with Gasteiger partial charge in [0.2, 0.25) is 6.79 Å². The number of aromatic nitrogens is 2. The second kappa shape index (κ2) is 3.42. The fourth-order valence-corrected chi connectivity index (χ4v) is 3.00. The van der Waals surface area contributed by atoms with E-state index in [0.717, 1.165) is 33.2 Å². The number of hydrogen-bond acceptors (Lipinski definition) is 3. The summed E-state index contributed by atoms with van der Waals surface area (Å²) in [6, 6.07) is 12.5. The van der Waals surface area contributed by atoms with Gasteiger partial charge in [-0.25, -0.2) is 0 Å². The maximum Gasteiger partial charge on any atom is 0.231 e. The molecular formula is C16H10N2O2. The minimum atomic E-state index is 0.277. The van der Waals surface area contributed by atoms with Crippen molar-refractivity contribution in [1.29, 1.82) is 0 Å². The molecule has 3 aromatic carbocycles. The zero-order chi connectivity index (χ0) is 13.1. The predicted octanol–water partition coefficient (Wildman–Crippen LogP) is 3.60. The smallest absolute Gasteiger partial charge is 0.231 e. The predicted molar refractivity (Wildman–Crippen MR) is 77.2 cm³/mol. The van der Waals surface area contributed by atoms with Gasteiger partial charge >= 0.3 is 0 Å². The van der Waals surface area contributed by atoms with Crippen molar-refractivity contribution < 1.29 is 9.47 Å². The van der Waals surface area contributed by atoms with E-state index >= 15 is 0 Å². The number of rotatable bonds is 0. The largest absolute Gasteiger partial charge is 0.453 e. The third-order valence-electron chi connectivity index (χ3n) is 3.90. The van der Waals surface area contributed by atoms with Crippen LogP contribution in [0, 0.1) is 0 Å². The van der Waals surface area contributed by atoms with Gasteiger partial charge in [0.1, 0.15) is 0 Å². The molecule has 1 aromatic heterocycles. The Balaban J connectivity index is 2.12. The van der Waals surface area contributed by atoms with Crippen LogP contribution in [0.5, 0.6) is 11.5 Å². The minimum Gasteiger partial charge on any atom is -0.453 e. The van der Waals surface area contributed by atoms with Gasteiger partial charge in [-0.05, 0) is 22.9 Å². The van der Waals surface area contributed by atoms with Crippen LogP contribution in [-0.4, -0.2) is 17.0 Å². The lowest BCUT2D eigenvalue weighted by molar-refractivity contribution is 0.175. The molecule has 0 unspecified atom stereocenters. The SMILES string of the molecule is c1ccc2c(c1)c1c(c3cc4[nH]ncc4cc32)OCO1. The molecule has 0 amide bonds. The zero-order valence-corrected chi connectivity index (χ0v) is 10.5. The molecule has 0 bridgehead atoms. The Hall–Kier alpha value is -2.75. The van der Waals surface area contributed by atoms with Crippen molar-refractivity contribution in [1.82, 2.24) is 10.2 Å². The maximum absolute atomic E-state index is 5.69. The highest BCUT2D eigenvalue weighted by molar-refractivity contribution is 6.17. The Kier molecular flexibility index (Phi) is 1.72. The number of benzene rings is 3. The molecule has 96 valence electrons. The molecule has 5 rings (SSSR count). The number of aromatic amines is 1. The lowest BCUT2D eigenvalue weighted by atomic mass is 9.99. The Morgan fingerprint density at radius 3 is 2.60 bits per heavy atom. The van der Waals surface area contributed by atoms with E-state index in [1.807, 2.05) is 18.3 Å². The summed E-state index contributed by atoms with van der Waals surface area (Å²) in [7, 11) is 0. The summed E-state index contributed by atoms with van der Waals surface area (Å²) in [6.45, 7) is 0.277. The summed E-state index contributed by atoms with van der Waals surface area (Å²) in [5, 5.41) is 12.7. The van der Waals surface area contributed by atoms with E-state index in [4.69, 9.17) is 9.47 Å². The van der Waals surface area contributed by atoms with Crippen LogP contribution in [0.3, 0.4) is 0 Å². The van der Waals surface area contributed by atoms with Gasteiger partial charge in [-0.1, -0.05) is 24.3 Å². The number of H-pyrrole nitrogens is 1. The second-order valence-electron chi connectivity index (χ2n) is 4.97. The van der Waals surface area contributed by atoms with Crippen LogP contribution in [0.4, 0.5) is 0 Å². The van der Waals surface area contributed by atoms with Crippen molar-refractivity contribution >= 4 is 32.4 Å². The van der Waals surface area contributed by atoms with Crippen LogP contribution in [0.2, 0.25) is 0 Å². The van der Waals surface area contributed by atoms with Crippen LogP contribution in [-0.2, 0) is 0 Å². The third kappa shape index (κ3) is 1.13. The molecule has 4 heteroatoms.